The van der Waals surface area contributed by atoms with Crippen molar-refractivity contribution in [2.45, 2.75) is 62.9 Å². The van der Waals surface area contributed by atoms with Gasteiger partial charge in [0.15, 0.2) is 5.65 Å². The van der Waals surface area contributed by atoms with E-state index in [0.717, 1.165) is 36.7 Å². The zero-order chi connectivity index (χ0) is 20.3. The van der Waals surface area contributed by atoms with Gasteiger partial charge in [-0.05, 0) is 19.3 Å². The highest BCUT2D eigenvalue weighted by Crippen LogP contribution is 2.23. The zero-order valence-electron chi connectivity index (χ0n) is 16.7. The average molecular weight is 406 g/mol. The molecule has 2 aromatic heterocycles. The predicted molar refractivity (Wildman–Crippen MR) is 110 cm³/mol. The number of nitrogens with one attached hydrogen (secondary N) is 1. The van der Waals surface area contributed by atoms with Gasteiger partial charge in [0, 0.05) is 26.6 Å². The van der Waals surface area contributed by atoms with Crippen LogP contribution in [-0.4, -0.2) is 36.8 Å². The second-order valence-corrected chi connectivity index (χ2v) is 8.25. The Hall–Kier alpha value is -2.16. The van der Waals surface area contributed by atoms with Crippen LogP contribution in [0.1, 0.15) is 51.3 Å². The molecule has 0 aliphatic heterocycles. The summed E-state index contributed by atoms with van der Waals surface area (Å²) in [6.07, 6.45) is 7.07. The Labute approximate surface area is 167 Å². The number of hydrogen-bond acceptors (Lipinski definition) is 6. The first-order chi connectivity index (χ1) is 13.4. The molecule has 0 bridgehead atoms. The van der Waals surface area contributed by atoms with Gasteiger partial charge in [0.1, 0.15) is 16.2 Å². The summed E-state index contributed by atoms with van der Waals surface area (Å²) in [4.78, 5) is 46.3. The summed E-state index contributed by atoms with van der Waals surface area (Å²) in [6.45, 7) is 2.01. The molecule has 1 saturated carbocycles. The highest BCUT2D eigenvalue weighted by atomic mass is 32.2. The number of thioether (sulfide) groups is 1. The summed E-state index contributed by atoms with van der Waals surface area (Å²) in [5.74, 6) is 0.705. The molecule has 8 nitrogen and oxygen atoms in total. The molecule has 3 rings (SSSR count). The average Bonchev–Trinajstić information content (AvgIpc) is 2.69. The molecule has 0 radical (unpaired) electrons. The van der Waals surface area contributed by atoms with Crippen molar-refractivity contribution in [3.05, 3.63) is 26.7 Å². The van der Waals surface area contributed by atoms with E-state index in [-0.39, 0.29) is 17.7 Å². The van der Waals surface area contributed by atoms with Crippen molar-refractivity contribution in [1.82, 2.24) is 24.4 Å². The van der Waals surface area contributed by atoms with Gasteiger partial charge in [-0.25, -0.2) is 14.8 Å². The monoisotopic (exact) mass is 405 g/mol. The van der Waals surface area contributed by atoms with Crippen molar-refractivity contribution < 1.29 is 4.79 Å². The van der Waals surface area contributed by atoms with E-state index >= 15 is 0 Å². The number of aryl methyl sites for hydroxylation is 2. The van der Waals surface area contributed by atoms with Crippen molar-refractivity contribution in [1.29, 1.82) is 0 Å². The minimum atomic E-state index is -0.434. The fourth-order valence-corrected chi connectivity index (χ4v) is 4.41. The maximum Gasteiger partial charge on any atom is 0.332 e. The van der Waals surface area contributed by atoms with E-state index < -0.39 is 11.2 Å². The SMILES string of the molecule is CCCc1nc(SCC(=O)NC2CCCCC2)c2c(=O)n(C)c(=O)n(C)c2n1. The number of nitrogens with zero attached hydrogens (tertiary/aromatic N) is 4. The van der Waals surface area contributed by atoms with Crippen LogP contribution in [0.25, 0.3) is 11.0 Å². The second kappa shape index (κ2) is 8.89. The molecule has 0 spiro atoms. The van der Waals surface area contributed by atoms with E-state index in [2.05, 4.69) is 15.3 Å². The Bertz CT molecular complexity index is 992. The van der Waals surface area contributed by atoms with Crippen LogP contribution in [0, 0.1) is 0 Å². The Morgan fingerprint density at radius 3 is 2.54 bits per heavy atom. The third kappa shape index (κ3) is 4.29. The van der Waals surface area contributed by atoms with Crippen LogP contribution >= 0.6 is 11.8 Å². The van der Waals surface area contributed by atoms with Crippen molar-refractivity contribution in [2.75, 3.05) is 5.75 Å². The van der Waals surface area contributed by atoms with Gasteiger partial charge in [-0.2, -0.15) is 0 Å². The fraction of sp³-hybridized carbons (Fsp3) is 0.632. The molecular formula is C19H27N5O3S. The van der Waals surface area contributed by atoms with E-state index in [1.807, 2.05) is 6.92 Å². The van der Waals surface area contributed by atoms with E-state index in [1.165, 1.54) is 29.8 Å². The number of carbonyl (C=O) groups is 1. The number of carbonyl (C=O) groups excluding carboxylic acids is 1. The summed E-state index contributed by atoms with van der Waals surface area (Å²) < 4.78 is 2.42. The van der Waals surface area contributed by atoms with E-state index in [1.54, 1.807) is 7.05 Å². The van der Waals surface area contributed by atoms with Gasteiger partial charge in [-0.15, -0.1) is 0 Å². The lowest BCUT2D eigenvalue weighted by atomic mass is 9.95. The van der Waals surface area contributed by atoms with E-state index in [9.17, 15) is 14.4 Å². The van der Waals surface area contributed by atoms with Crippen molar-refractivity contribution in [3.63, 3.8) is 0 Å². The first kappa shape index (κ1) is 20.6. The van der Waals surface area contributed by atoms with Crippen LogP contribution in [0.2, 0.25) is 0 Å². The third-order valence-electron chi connectivity index (χ3n) is 5.10. The quantitative estimate of drug-likeness (QED) is 0.578. The summed E-state index contributed by atoms with van der Waals surface area (Å²) in [6, 6.07) is 0.244. The largest absolute Gasteiger partial charge is 0.353 e. The Kier molecular flexibility index (Phi) is 6.53. The van der Waals surface area contributed by atoms with E-state index in [4.69, 9.17) is 0 Å². The molecule has 0 unspecified atom stereocenters. The van der Waals surface area contributed by atoms with E-state index in [0.29, 0.717) is 28.3 Å². The molecule has 2 aromatic rings. The van der Waals surface area contributed by atoms with Gasteiger partial charge >= 0.3 is 5.69 Å². The van der Waals surface area contributed by atoms with Crippen molar-refractivity contribution in [2.24, 2.45) is 14.1 Å². The van der Waals surface area contributed by atoms with Gasteiger partial charge in [0.05, 0.1) is 5.75 Å². The first-order valence-electron chi connectivity index (χ1n) is 9.81. The third-order valence-corrected chi connectivity index (χ3v) is 6.07. The van der Waals surface area contributed by atoms with Crippen LogP contribution in [0.4, 0.5) is 0 Å². The van der Waals surface area contributed by atoms with Crippen LogP contribution in [0.3, 0.4) is 0 Å². The number of hydrogen-bond donors (Lipinski definition) is 1. The second-order valence-electron chi connectivity index (χ2n) is 7.29. The lowest BCUT2D eigenvalue weighted by Crippen LogP contribution is -2.38. The normalized spacial score (nSPS) is 15.1. The molecule has 152 valence electrons. The summed E-state index contributed by atoms with van der Waals surface area (Å²) in [7, 11) is 3.03. The van der Waals surface area contributed by atoms with Gasteiger partial charge in [-0.3, -0.25) is 18.7 Å². The Balaban J connectivity index is 1.91. The van der Waals surface area contributed by atoms with Crippen molar-refractivity contribution in [3.8, 4) is 0 Å². The maximum atomic E-state index is 12.7. The lowest BCUT2D eigenvalue weighted by molar-refractivity contribution is -0.119. The molecule has 9 heteroatoms. The molecule has 0 saturated heterocycles. The highest BCUT2D eigenvalue weighted by Gasteiger charge is 2.20. The van der Waals surface area contributed by atoms with Crippen LogP contribution in [-0.2, 0) is 25.3 Å². The summed E-state index contributed by atoms with van der Waals surface area (Å²) in [5.41, 5.74) is -0.539. The van der Waals surface area contributed by atoms with Crippen LogP contribution in [0.5, 0.6) is 0 Å². The maximum absolute atomic E-state index is 12.7. The summed E-state index contributed by atoms with van der Waals surface area (Å²) in [5, 5.41) is 3.83. The molecule has 1 N–H and O–H groups in total. The highest BCUT2D eigenvalue weighted by molar-refractivity contribution is 8.00. The molecular weight excluding hydrogens is 378 g/mol. The van der Waals surface area contributed by atoms with Gasteiger partial charge in [-0.1, -0.05) is 37.9 Å². The van der Waals surface area contributed by atoms with Crippen LogP contribution in [0.15, 0.2) is 14.6 Å². The number of fused-ring (bicyclic) bond motifs is 1. The van der Waals surface area contributed by atoms with Crippen LogP contribution < -0.4 is 16.6 Å². The first-order valence-corrected chi connectivity index (χ1v) is 10.8. The van der Waals surface area contributed by atoms with Gasteiger partial charge < -0.3 is 5.32 Å². The number of rotatable bonds is 6. The molecule has 1 fully saturated rings. The number of aromatic nitrogens is 4. The Morgan fingerprint density at radius 2 is 1.86 bits per heavy atom. The van der Waals surface area contributed by atoms with Gasteiger partial charge in [0.2, 0.25) is 5.91 Å². The molecule has 1 aliphatic rings. The minimum Gasteiger partial charge on any atom is -0.353 e. The molecule has 1 amide bonds. The lowest BCUT2D eigenvalue weighted by Gasteiger charge is -2.22. The Morgan fingerprint density at radius 1 is 1.14 bits per heavy atom. The standard InChI is InChI=1S/C19H27N5O3S/c1-4-8-13-21-16-15(18(26)24(3)19(27)23(16)2)17(22-13)28-11-14(25)20-12-9-6-5-7-10-12/h12H,4-11H2,1-3H3,(H,20,25). The molecule has 0 aromatic carbocycles. The topological polar surface area (TPSA) is 98.9 Å². The fourth-order valence-electron chi connectivity index (χ4n) is 3.56. The molecule has 1 aliphatic carbocycles. The van der Waals surface area contributed by atoms with Gasteiger partial charge in [0.25, 0.3) is 5.56 Å². The molecule has 0 atom stereocenters. The summed E-state index contributed by atoms with van der Waals surface area (Å²) >= 11 is 1.23. The predicted octanol–water partition coefficient (Wildman–Crippen LogP) is 1.52. The molecule has 2 heterocycles. The zero-order valence-corrected chi connectivity index (χ0v) is 17.5. The number of amides is 1. The minimum absolute atomic E-state index is 0.0534. The van der Waals surface area contributed by atoms with Crippen molar-refractivity contribution >= 4 is 28.7 Å². The smallest absolute Gasteiger partial charge is 0.332 e. The molecule has 28 heavy (non-hydrogen) atoms.